The summed E-state index contributed by atoms with van der Waals surface area (Å²) < 4.78 is 10.8. The second-order valence-electron chi connectivity index (χ2n) is 15.5. The van der Waals surface area contributed by atoms with E-state index < -0.39 is 0 Å². The molecule has 0 fully saturated rings. The molecule has 9 aromatic rings. The van der Waals surface area contributed by atoms with Crippen molar-refractivity contribution >= 4 is 60.8 Å². The van der Waals surface area contributed by atoms with Gasteiger partial charge in [0, 0.05) is 33.5 Å². The van der Waals surface area contributed by atoms with E-state index in [0.29, 0.717) is 0 Å². The van der Waals surface area contributed by atoms with Crippen LogP contribution in [0.2, 0.25) is 0 Å². The minimum absolute atomic E-state index is 0.803. The van der Waals surface area contributed by atoms with Gasteiger partial charge in [-0.3, -0.25) is 0 Å². The quantitative estimate of drug-likeness (QED) is 0.129. The first-order chi connectivity index (χ1) is 29.4. The summed E-state index contributed by atoms with van der Waals surface area (Å²) in [6, 6.07) is 61.4. The first-order valence-electron chi connectivity index (χ1n) is 20.4. The minimum Gasteiger partial charge on any atom is -0.497 e. The van der Waals surface area contributed by atoms with Crippen LogP contribution in [0.1, 0.15) is 12.0 Å². The zero-order valence-electron chi connectivity index (χ0n) is 34.0. The molecule has 0 saturated heterocycles. The van der Waals surface area contributed by atoms with Gasteiger partial charge in [-0.05, 0) is 136 Å². The van der Waals surface area contributed by atoms with Crippen LogP contribution in [0.4, 0.5) is 28.4 Å². The van der Waals surface area contributed by atoms with Gasteiger partial charge in [0.05, 0.1) is 25.6 Å². The Balaban J connectivity index is 1.12. The van der Waals surface area contributed by atoms with Gasteiger partial charge in [-0.2, -0.15) is 0 Å². The van der Waals surface area contributed by atoms with Gasteiger partial charge in [0.2, 0.25) is 0 Å². The Morgan fingerprint density at radius 3 is 1.27 bits per heavy atom. The molecule has 60 heavy (non-hydrogen) atoms. The number of hydrogen-bond acceptors (Lipinski definition) is 4. The standard InChI is InChI=1S/C56H44N2O2/c1-37-5-21-45(22-6-37)57(47-25-9-39(10-26-47)41-13-29-49(59-3)30-14-41)53-35-19-43-18-34-52-54(36-20-44-17-33-51(53)55(43)56(44)52)58(46-23-7-38(2)8-24-46)48-27-11-40(12-28-48)42-15-31-50(60-4)32-16-42/h5,7-36H,1,6H2,2-4H3. The molecule has 1 aliphatic rings. The van der Waals surface area contributed by atoms with Crippen LogP contribution >= 0.6 is 0 Å². The number of hydrogen-bond donors (Lipinski definition) is 0. The second kappa shape index (κ2) is 15.3. The van der Waals surface area contributed by atoms with Crippen LogP contribution in [0.25, 0.3) is 54.6 Å². The third-order valence-corrected chi connectivity index (χ3v) is 11.8. The molecule has 9 aromatic carbocycles. The second-order valence-corrected chi connectivity index (χ2v) is 15.5. The Morgan fingerprint density at radius 1 is 0.433 bits per heavy atom. The summed E-state index contributed by atoms with van der Waals surface area (Å²) in [5, 5.41) is 7.34. The normalized spacial score (nSPS) is 12.6. The largest absolute Gasteiger partial charge is 0.497 e. The lowest BCUT2D eigenvalue weighted by atomic mass is 9.91. The summed E-state index contributed by atoms with van der Waals surface area (Å²) >= 11 is 0. The number of allylic oxidation sites excluding steroid dienone is 4. The molecule has 0 spiro atoms. The van der Waals surface area contributed by atoms with Crippen molar-refractivity contribution in [3.05, 3.63) is 211 Å². The summed E-state index contributed by atoms with van der Waals surface area (Å²) in [4.78, 5) is 4.79. The summed E-state index contributed by atoms with van der Waals surface area (Å²) in [5.41, 5.74) is 13.6. The average molecular weight is 777 g/mol. The van der Waals surface area contributed by atoms with Crippen molar-refractivity contribution in [2.45, 2.75) is 13.3 Å². The summed E-state index contributed by atoms with van der Waals surface area (Å²) in [6.45, 7) is 6.38. The van der Waals surface area contributed by atoms with E-state index >= 15 is 0 Å². The van der Waals surface area contributed by atoms with Crippen molar-refractivity contribution in [2.24, 2.45) is 0 Å². The number of nitrogens with zero attached hydrogens (tertiary/aromatic N) is 2. The molecule has 4 heteroatoms. The Labute approximate surface area is 351 Å². The highest BCUT2D eigenvalue weighted by Crippen LogP contribution is 2.47. The molecule has 0 N–H and O–H groups in total. The van der Waals surface area contributed by atoms with E-state index in [1.807, 2.05) is 24.3 Å². The number of methoxy groups -OCH3 is 2. The molecule has 0 saturated carbocycles. The Kier molecular flexibility index (Phi) is 9.38. The maximum atomic E-state index is 5.41. The summed E-state index contributed by atoms with van der Waals surface area (Å²) in [6.07, 6.45) is 7.42. The topological polar surface area (TPSA) is 24.9 Å². The van der Waals surface area contributed by atoms with Crippen molar-refractivity contribution in [3.63, 3.8) is 0 Å². The minimum atomic E-state index is 0.803. The van der Waals surface area contributed by atoms with E-state index in [-0.39, 0.29) is 0 Å². The Morgan fingerprint density at radius 2 is 0.833 bits per heavy atom. The highest BCUT2D eigenvalue weighted by Gasteiger charge is 2.23. The highest BCUT2D eigenvalue weighted by molar-refractivity contribution is 6.28. The van der Waals surface area contributed by atoms with Crippen LogP contribution < -0.4 is 19.3 Å². The van der Waals surface area contributed by atoms with Gasteiger partial charge < -0.3 is 19.3 Å². The molecule has 0 aliphatic heterocycles. The predicted molar refractivity (Wildman–Crippen MR) is 253 cm³/mol. The number of benzene rings is 9. The van der Waals surface area contributed by atoms with Gasteiger partial charge in [-0.1, -0.05) is 127 Å². The van der Waals surface area contributed by atoms with E-state index in [1.165, 1.54) is 37.9 Å². The number of ether oxygens (including phenoxy) is 2. The van der Waals surface area contributed by atoms with E-state index in [2.05, 4.69) is 187 Å². The van der Waals surface area contributed by atoms with Crippen LogP contribution in [0.3, 0.4) is 0 Å². The van der Waals surface area contributed by atoms with Gasteiger partial charge in [0.1, 0.15) is 11.5 Å². The van der Waals surface area contributed by atoms with Crippen molar-refractivity contribution in [2.75, 3.05) is 24.0 Å². The van der Waals surface area contributed by atoms with Crippen LogP contribution in [0.5, 0.6) is 11.5 Å². The molecule has 0 atom stereocenters. The van der Waals surface area contributed by atoms with Crippen molar-refractivity contribution in [1.82, 2.24) is 0 Å². The lowest BCUT2D eigenvalue weighted by Gasteiger charge is -2.30. The van der Waals surface area contributed by atoms with Crippen molar-refractivity contribution < 1.29 is 9.47 Å². The van der Waals surface area contributed by atoms with Crippen LogP contribution in [-0.4, -0.2) is 14.2 Å². The van der Waals surface area contributed by atoms with E-state index in [4.69, 9.17) is 9.47 Å². The van der Waals surface area contributed by atoms with Crippen molar-refractivity contribution in [1.29, 1.82) is 0 Å². The fourth-order valence-electron chi connectivity index (χ4n) is 8.62. The molecule has 1 aliphatic carbocycles. The Bertz CT molecular complexity index is 3070. The molecule has 0 heterocycles. The fraction of sp³-hybridized carbons (Fsp3) is 0.0714. The molecule has 0 radical (unpaired) electrons. The number of aryl methyl sites for hydroxylation is 1. The molecular formula is C56H44N2O2. The zero-order chi connectivity index (χ0) is 40.7. The van der Waals surface area contributed by atoms with Gasteiger partial charge >= 0.3 is 0 Å². The molecule has 0 bridgehead atoms. The summed E-state index contributed by atoms with van der Waals surface area (Å²) in [5.74, 6) is 1.70. The predicted octanol–water partition coefficient (Wildman–Crippen LogP) is 15.3. The molecule has 0 amide bonds. The van der Waals surface area contributed by atoms with Gasteiger partial charge in [0.25, 0.3) is 0 Å². The van der Waals surface area contributed by atoms with Crippen molar-refractivity contribution in [3.8, 4) is 33.8 Å². The van der Waals surface area contributed by atoms with E-state index in [9.17, 15) is 0 Å². The van der Waals surface area contributed by atoms with Crippen LogP contribution in [0.15, 0.2) is 206 Å². The van der Waals surface area contributed by atoms with Gasteiger partial charge in [-0.15, -0.1) is 0 Å². The lowest BCUT2D eigenvalue weighted by Crippen LogP contribution is -2.17. The molecule has 0 unspecified atom stereocenters. The fourth-order valence-corrected chi connectivity index (χ4v) is 8.62. The summed E-state index contributed by atoms with van der Waals surface area (Å²) in [7, 11) is 3.40. The molecule has 10 rings (SSSR count). The van der Waals surface area contributed by atoms with Crippen LogP contribution in [0, 0.1) is 6.92 Å². The Hall–Kier alpha value is -7.56. The van der Waals surface area contributed by atoms with E-state index in [1.54, 1.807) is 14.2 Å². The first kappa shape index (κ1) is 36.8. The van der Waals surface area contributed by atoms with Gasteiger partial charge in [0.15, 0.2) is 0 Å². The molecule has 290 valence electrons. The maximum Gasteiger partial charge on any atom is 0.118 e. The van der Waals surface area contributed by atoms with Crippen LogP contribution in [-0.2, 0) is 0 Å². The lowest BCUT2D eigenvalue weighted by molar-refractivity contribution is 0.415. The smallest absolute Gasteiger partial charge is 0.118 e. The number of anilines is 5. The third kappa shape index (κ3) is 6.62. The molecular weight excluding hydrogens is 733 g/mol. The molecule has 0 aromatic heterocycles. The average Bonchev–Trinajstić information content (AvgIpc) is 3.31. The van der Waals surface area contributed by atoms with E-state index in [0.717, 1.165) is 79.9 Å². The SMILES string of the molecule is C=C1C=CC(N(c2ccc(-c3ccc(OC)cc3)cc2)c2ccc3ccc4c(N(c5ccc(C)cc5)c5ccc(-c6ccc(OC)cc6)cc5)ccc5ccc2c3c54)=CC1. The maximum absolute atomic E-state index is 5.41. The monoisotopic (exact) mass is 776 g/mol. The third-order valence-electron chi connectivity index (χ3n) is 11.8. The first-order valence-corrected chi connectivity index (χ1v) is 20.4. The highest BCUT2D eigenvalue weighted by atomic mass is 16.5. The number of rotatable bonds is 10. The van der Waals surface area contributed by atoms with Gasteiger partial charge in [-0.25, -0.2) is 0 Å². The zero-order valence-corrected chi connectivity index (χ0v) is 34.0. The molecule has 4 nitrogen and oxygen atoms in total.